The molecule has 0 atom stereocenters. The van der Waals surface area contributed by atoms with Gasteiger partial charge in [0.2, 0.25) is 0 Å². The Labute approximate surface area is 165 Å². The summed E-state index contributed by atoms with van der Waals surface area (Å²) in [5.41, 5.74) is 4.91. The van der Waals surface area contributed by atoms with Crippen molar-refractivity contribution in [2.75, 3.05) is 32.8 Å². The molecular formula is C23H25N3O2. The predicted molar refractivity (Wildman–Crippen MR) is 110 cm³/mol. The molecule has 2 aromatic carbocycles. The Morgan fingerprint density at radius 1 is 0.964 bits per heavy atom. The summed E-state index contributed by atoms with van der Waals surface area (Å²) in [6, 6.07) is 18.1. The largest absolute Gasteiger partial charge is 0.379 e. The van der Waals surface area contributed by atoms with E-state index < -0.39 is 0 Å². The highest BCUT2D eigenvalue weighted by atomic mass is 16.5. The van der Waals surface area contributed by atoms with Crippen molar-refractivity contribution in [3.8, 4) is 22.4 Å². The van der Waals surface area contributed by atoms with Gasteiger partial charge in [0.25, 0.3) is 0 Å². The van der Waals surface area contributed by atoms with Crippen molar-refractivity contribution in [2.24, 2.45) is 0 Å². The fraction of sp³-hybridized carbons (Fsp3) is 0.304. The summed E-state index contributed by atoms with van der Waals surface area (Å²) < 4.78 is 7.41. The molecule has 0 spiro atoms. The van der Waals surface area contributed by atoms with Gasteiger partial charge in [-0.3, -0.25) is 14.4 Å². The van der Waals surface area contributed by atoms with Gasteiger partial charge in [-0.25, -0.2) is 0 Å². The molecule has 3 aromatic rings. The second-order valence-corrected chi connectivity index (χ2v) is 7.14. The normalized spacial score (nSPS) is 14.9. The molecule has 0 N–H and O–H groups in total. The number of benzene rings is 2. The van der Waals surface area contributed by atoms with Crippen LogP contribution in [0.4, 0.5) is 0 Å². The first-order valence-corrected chi connectivity index (χ1v) is 9.74. The van der Waals surface area contributed by atoms with Crippen LogP contribution in [0, 0.1) is 0 Å². The van der Waals surface area contributed by atoms with Gasteiger partial charge in [0, 0.05) is 37.0 Å². The maximum absolute atomic E-state index is 11.7. The van der Waals surface area contributed by atoms with E-state index in [0.29, 0.717) is 0 Å². The summed E-state index contributed by atoms with van der Waals surface area (Å²) in [5, 5.41) is 4.75. The molecule has 144 valence electrons. The summed E-state index contributed by atoms with van der Waals surface area (Å²) in [6.45, 7) is 7.09. The molecule has 1 aliphatic heterocycles. The molecule has 2 heterocycles. The number of rotatable bonds is 6. The van der Waals surface area contributed by atoms with E-state index in [1.807, 2.05) is 41.2 Å². The van der Waals surface area contributed by atoms with E-state index in [-0.39, 0.29) is 5.78 Å². The van der Waals surface area contributed by atoms with E-state index in [4.69, 9.17) is 9.84 Å². The number of ether oxygens (including phenoxy) is 1. The van der Waals surface area contributed by atoms with Crippen LogP contribution in [-0.2, 0) is 11.3 Å². The van der Waals surface area contributed by atoms with Crippen molar-refractivity contribution in [3.63, 3.8) is 0 Å². The van der Waals surface area contributed by atoms with Gasteiger partial charge in [-0.15, -0.1) is 0 Å². The van der Waals surface area contributed by atoms with Gasteiger partial charge in [0.05, 0.1) is 25.5 Å². The third kappa shape index (κ3) is 4.38. The lowest BCUT2D eigenvalue weighted by Crippen LogP contribution is -2.38. The lowest BCUT2D eigenvalue weighted by Gasteiger charge is -2.26. The molecule has 0 bridgehead atoms. The van der Waals surface area contributed by atoms with Crippen LogP contribution in [-0.4, -0.2) is 53.3 Å². The van der Waals surface area contributed by atoms with Gasteiger partial charge in [0.1, 0.15) is 0 Å². The third-order valence-corrected chi connectivity index (χ3v) is 5.15. The smallest absolute Gasteiger partial charge is 0.159 e. The van der Waals surface area contributed by atoms with Crippen LogP contribution in [0.15, 0.2) is 60.8 Å². The number of carbonyl (C=O) groups is 1. The van der Waals surface area contributed by atoms with Crippen LogP contribution in [0.25, 0.3) is 22.4 Å². The fourth-order valence-corrected chi connectivity index (χ4v) is 3.48. The minimum absolute atomic E-state index is 0.0806. The molecule has 4 rings (SSSR count). The first-order chi connectivity index (χ1) is 13.7. The molecule has 28 heavy (non-hydrogen) atoms. The standard InChI is InChI=1S/C23H25N3O2/c1-18(27)19-4-2-5-20(16-19)21-6-3-7-22(17-21)23-8-9-26(24-23)11-10-25-12-14-28-15-13-25/h2-9,16-17H,10-15H2,1H3. The Hall–Kier alpha value is -2.76. The number of aromatic nitrogens is 2. The zero-order chi connectivity index (χ0) is 19.3. The number of hydrogen-bond acceptors (Lipinski definition) is 4. The number of Topliss-reactive ketones (excluding diaryl/α,β-unsaturated/α-hetero) is 1. The molecule has 0 aliphatic carbocycles. The average molecular weight is 375 g/mol. The minimum atomic E-state index is 0.0806. The van der Waals surface area contributed by atoms with Crippen LogP contribution >= 0.6 is 0 Å². The van der Waals surface area contributed by atoms with Crippen LogP contribution in [0.3, 0.4) is 0 Å². The van der Waals surface area contributed by atoms with Gasteiger partial charge in [0.15, 0.2) is 5.78 Å². The first kappa shape index (κ1) is 18.6. The molecule has 5 heteroatoms. The topological polar surface area (TPSA) is 47.4 Å². The summed E-state index contributed by atoms with van der Waals surface area (Å²) in [5.74, 6) is 0.0806. The third-order valence-electron chi connectivity index (χ3n) is 5.15. The summed E-state index contributed by atoms with van der Waals surface area (Å²) in [4.78, 5) is 14.1. The Kier molecular flexibility index (Phi) is 5.65. The maximum atomic E-state index is 11.7. The number of carbonyl (C=O) groups excluding carboxylic acids is 1. The molecule has 0 radical (unpaired) electrons. The average Bonchev–Trinajstić information content (AvgIpc) is 3.22. The molecule has 0 unspecified atom stereocenters. The van der Waals surface area contributed by atoms with Gasteiger partial charge in [-0.05, 0) is 36.2 Å². The highest BCUT2D eigenvalue weighted by Crippen LogP contribution is 2.26. The van der Waals surface area contributed by atoms with Crippen molar-refractivity contribution in [2.45, 2.75) is 13.5 Å². The van der Waals surface area contributed by atoms with Crippen LogP contribution in [0.1, 0.15) is 17.3 Å². The van der Waals surface area contributed by atoms with Gasteiger partial charge in [-0.2, -0.15) is 5.10 Å². The van der Waals surface area contributed by atoms with Gasteiger partial charge in [-0.1, -0.05) is 36.4 Å². The molecule has 1 saturated heterocycles. The van der Waals surface area contributed by atoms with Crippen molar-refractivity contribution in [3.05, 3.63) is 66.4 Å². The second kappa shape index (κ2) is 8.50. The molecule has 1 aliphatic rings. The lowest BCUT2D eigenvalue weighted by molar-refractivity contribution is 0.0360. The molecule has 0 saturated carbocycles. The quantitative estimate of drug-likeness (QED) is 0.616. The monoisotopic (exact) mass is 375 g/mol. The number of nitrogens with zero attached hydrogens (tertiary/aromatic N) is 3. The number of ketones is 1. The molecule has 0 amide bonds. The van der Waals surface area contributed by atoms with E-state index in [2.05, 4.69) is 29.2 Å². The molecule has 1 fully saturated rings. The summed E-state index contributed by atoms with van der Waals surface area (Å²) >= 11 is 0. The van der Waals surface area contributed by atoms with Gasteiger partial charge < -0.3 is 4.74 Å². The summed E-state index contributed by atoms with van der Waals surface area (Å²) in [6.07, 6.45) is 2.04. The first-order valence-electron chi connectivity index (χ1n) is 9.74. The minimum Gasteiger partial charge on any atom is -0.379 e. The van der Waals surface area contributed by atoms with E-state index in [1.54, 1.807) is 6.92 Å². The fourth-order valence-electron chi connectivity index (χ4n) is 3.48. The van der Waals surface area contributed by atoms with Crippen molar-refractivity contribution in [1.82, 2.24) is 14.7 Å². The SMILES string of the molecule is CC(=O)c1cccc(-c2cccc(-c3ccn(CCN4CCOCC4)n3)c2)c1. The Morgan fingerprint density at radius 2 is 1.68 bits per heavy atom. The van der Waals surface area contributed by atoms with E-state index in [1.165, 1.54) is 0 Å². The Bertz CT molecular complexity index is 958. The molecular weight excluding hydrogens is 350 g/mol. The van der Waals surface area contributed by atoms with E-state index in [9.17, 15) is 4.79 Å². The zero-order valence-corrected chi connectivity index (χ0v) is 16.2. The lowest BCUT2D eigenvalue weighted by atomic mass is 9.99. The van der Waals surface area contributed by atoms with E-state index in [0.717, 1.165) is 67.3 Å². The Morgan fingerprint density at radius 3 is 2.46 bits per heavy atom. The molecule has 1 aromatic heterocycles. The van der Waals surface area contributed by atoms with Crippen molar-refractivity contribution in [1.29, 1.82) is 0 Å². The maximum Gasteiger partial charge on any atom is 0.159 e. The zero-order valence-electron chi connectivity index (χ0n) is 16.2. The van der Waals surface area contributed by atoms with Crippen LogP contribution in [0.2, 0.25) is 0 Å². The van der Waals surface area contributed by atoms with Crippen molar-refractivity contribution < 1.29 is 9.53 Å². The van der Waals surface area contributed by atoms with Crippen LogP contribution in [0.5, 0.6) is 0 Å². The van der Waals surface area contributed by atoms with Crippen molar-refractivity contribution >= 4 is 5.78 Å². The van der Waals surface area contributed by atoms with Crippen LogP contribution < -0.4 is 0 Å². The highest BCUT2D eigenvalue weighted by Gasteiger charge is 2.11. The second-order valence-electron chi connectivity index (χ2n) is 7.14. The number of morpholine rings is 1. The summed E-state index contributed by atoms with van der Waals surface area (Å²) in [7, 11) is 0. The van der Waals surface area contributed by atoms with Gasteiger partial charge >= 0.3 is 0 Å². The molecule has 5 nitrogen and oxygen atoms in total. The predicted octanol–water partition coefficient (Wildman–Crippen LogP) is 3.75. The van der Waals surface area contributed by atoms with E-state index >= 15 is 0 Å². The highest BCUT2D eigenvalue weighted by molar-refractivity contribution is 5.95. The number of hydrogen-bond donors (Lipinski definition) is 0. The Balaban J connectivity index is 1.49.